The molecule has 1 amide bonds. The van der Waals surface area contributed by atoms with Crippen molar-refractivity contribution in [1.82, 2.24) is 15.1 Å². The molecule has 4 nitrogen and oxygen atoms in total. The summed E-state index contributed by atoms with van der Waals surface area (Å²) in [5, 5.41) is 3.38. The van der Waals surface area contributed by atoms with Crippen LogP contribution in [0.5, 0.6) is 0 Å². The molecule has 114 valence electrons. The van der Waals surface area contributed by atoms with Gasteiger partial charge in [0.2, 0.25) is 0 Å². The molecule has 0 spiro atoms. The number of fused-ring (bicyclic) bond motifs is 1. The molecule has 0 bridgehead atoms. The number of likely N-dealkylation sites (N-methyl/N-ethyl adjacent to an activating group) is 1. The predicted octanol–water partition coefficient (Wildman–Crippen LogP) is 1.50. The molecule has 1 aromatic carbocycles. The number of carbonyl (C=O) groups excluding carboxylic acids is 1. The van der Waals surface area contributed by atoms with Crippen LogP contribution in [0.3, 0.4) is 0 Å². The normalized spacial score (nSPS) is 22.2. The Morgan fingerprint density at radius 3 is 3.00 bits per heavy atom. The maximum absolute atomic E-state index is 12.7. The van der Waals surface area contributed by atoms with E-state index >= 15 is 0 Å². The molecule has 1 fully saturated rings. The first-order chi connectivity index (χ1) is 10.1. The molecular formula is C17H25N3O. The molecule has 1 N–H and O–H groups in total. The van der Waals surface area contributed by atoms with Crippen LogP contribution in [0.25, 0.3) is 0 Å². The van der Waals surface area contributed by atoms with Crippen LogP contribution in [-0.2, 0) is 13.0 Å². The molecule has 0 aliphatic carbocycles. The average Bonchev–Trinajstić information content (AvgIpc) is 2.53. The minimum absolute atomic E-state index is 0.190. The zero-order valence-electron chi connectivity index (χ0n) is 13.1. The lowest BCUT2D eigenvalue weighted by Crippen LogP contribution is -2.47. The number of likely N-dealkylation sites (tertiary alicyclic amines) is 1. The highest BCUT2D eigenvalue weighted by atomic mass is 16.2. The summed E-state index contributed by atoms with van der Waals surface area (Å²) in [6.07, 6.45) is 3.35. The van der Waals surface area contributed by atoms with Crippen LogP contribution in [0.2, 0.25) is 0 Å². The Morgan fingerprint density at radius 1 is 1.33 bits per heavy atom. The number of benzene rings is 1. The molecule has 2 aliphatic rings. The standard InChI is InChI=1S/C17H25N3O/c1-19(2)16-4-3-9-20(12-16)17(21)14-6-5-13-7-8-18-11-15(13)10-14/h5-6,10,16,18H,3-4,7-9,11-12H2,1-2H3. The van der Waals surface area contributed by atoms with Gasteiger partial charge in [-0.1, -0.05) is 6.07 Å². The van der Waals surface area contributed by atoms with E-state index in [1.807, 2.05) is 11.0 Å². The van der Waals surface area contributed by atoms with Crippen LogP contribution in [0.1, 0.15) is 34.3 Å². The molecule has 1 atom stereocenters. The third kappa shape index (κ3) is 3.11. The van der Waals surface area contributed by atoms with E-state index in [0.29, 0.717) is 6.04 Å². The summed E-state index contributed by atoms with van der Waals surface area (Å²) in [5.74, 6) is 0.190. The number of rotatable bonds is 2. The van der Waals surface area contributed by atoms with Crippen LogP contribution in [0, 0.1) is 0 Å². The molecule has 2 heterocycles. The van der Waals surface area contributed by atoms with E-state index in [0.717, 1.165) is 44.6 Å². The maximum Gasteiger partial charge on any atom is 0.253 e. The average molecular weight is 287 g/mol. The summed E-state index contributed by atoms with van der Waals surface area (Å²) in [5.41, 5.74) is 3.51. The number of piperidine rings is 1. The Balaban J connectivity index is 1.75. The van der Waals surface area contributed by atoms with E-state index in [1.165, 1.54) is 17.5 Å². The van der Waals surface area contributed by atoms with E-state index in [2.05, 4.69) is 36.4 Å². The van der Waals surface area contributed by atoms with Crippen LogP contribution >= 0.6 is 0 Å². The lowest BCUT2D eigenvalue weighted by atomic mass is 9.97. The number of hydrogen-bond donors (Lipinski definition) is 1. The quantitative estimate of drug-likeness (QED) is 0.895. The molecule has 0 radical (unpaired) electrons. The fraction of sp³-hybridized carbons (Fsp3) is 0.588. The maximum atomic E-state index is 12.7. The first-order valence-electron chi connectivity index (χ1n) is 7.93. The number of amides is 1. The predicted molar refractivity (Wildman–Crippen MR) is 84.5 cm³/mol. The summed E-state index contributed by atoms with van der Waals surface area (Å²) in [6, 6.07) is 6.72. The van der Waals surface area contributed by atoms with Gasteiger partial charge in [0, 0.05) is 31.2 Å². The SMILES string of the molecule is CN(C)C1CCCN(C(=O)c2ccc3c(c2)CNCC3)C1. The summed E-state index contributed by atoms with van der Waals surface area (Å²) in [7, 11) is 4.20. The highest BCUT2D eigenvalue weighted by Crippen LogP contribution is 2.20. The number of carbonyl (C=O) groups is 1. The van der Waals surface area contributed by atoms with Crippen molar-refractivity contribution in [3.63, 3.8) is 0 Å². The van der Waals surface area contributed by atoms with Gasteiger partial charge in [-0.2, -0.15) is 0 Å². The van der Waals surface area contributed by atoms with Gasteiger partial charge >= 0.3 is 0 Å². The molecule has 1 aromatic rings. The molecule has 1 unspecified atom stereocenters. The van der Waals surface area contributed by atoms with Gasteiger partial charge in [-0.15, -0.1) is 0 Å². The Labute approximate surface area is 127 Å². The van der Waals surface area contributed by atoms with Crippen LogP contribution in [-0.4, -0.2) is 55.5 Å². The summed E-state index contributed by atoms with van der Waals surface area (Å²) in [4.78, 5) is 17.0. The lowest BCUT2D eigenvalue weighted by molar-refractivity contribution is 0.0635. The van der Waals surface area contributed by atoms with Crippen molar-refractivity contribution in [2.45, 2.75) is 31.8 Å². The van der Waals surface area contributed by atoms with Crippen molar-refractivity contribution in [1.29, 1.82) is 0 Å². The van der Waals surface area contributed by atoms with Crippen molar-refractivity contribution >= 4 is 5.91 Å². The molecular weight excluding hydrogens is 262 g/mol. The minimum atomic E-state index is 0.190. The molecule has 4 heteroatoms. The number of nitrogens with one attached hydrogen (secondary N) is 1. The highest BCUT2D eigenvalue weighted by Gasteiger charge is 2.26. The second-order valence-corrected chi connectivity index (χ2v) is 6.42. The molecule has 3 rings (SSSR count). The topological polar surface area (TPSA) is 35.6 Å². The van der Waals surface area contributed by atoms with Crippen LogP contribution < -0.4 is 5.32 Å². The van der Waals surface area contributed by atoms with Gasteiger partial charge in [0.1, 0.15) is 0 Å². The second kappa shape index (κ2) is 6.16. The Kier molecular flexibility index (Phi) is 4.27. The van der Waals surface area contributed by atoms with Gasteiger partial charge in [0.05, 0.1) is 0 Å². The summed E-state index contributed by atoms with van der Waals surface area (Å²) in [6.45, 7) is 3.66. The third-order valence-corrected chi connectivity index (χ3v) is 4.75. The van der Waals surface area contributed by atoms with Gasteiger partial charge in [-0.05, 0) is 63.2 Å². The molecule has 21 heavy (non-hydrogen) atoms. The van der Waals surface area contributed by atoms with E-state index in [1.54, 1.807) is 0 Å². The summed E-state index contributed by atoms with van der Waals surface area (Å²) >= 11 is 0. The Bertz CT molecular complexity index is 527. The fourth-order valence-electron chi connectivity index (χ4n) is 3.36. The highest BCUT2D eigenvalue weighted by molar-refractivity contribution is 5.94. The first kappa shape index (κ1) is 14.5. The van der Waals surface area contributed by atoms with Gasteiger partial charge in [-0.25, -0.2) is 0 Å². The van der Waals surface area contributed by atoms with Crippen molar-refractivity contribution in [3.05, 3.63) is 34.9 Å². The molecule has 1 saturated heterocycles. The number of nitrogens with zero attached hydrogens (tertiary/aromatic N) is 2. The smallest absolute Gasteiger partial charge is 0.253 e. The zero-order valence-corrected chi connectivity index (χ0v) is 13.1. The molecule has 0 aromatic heterocycles. The Morgan fingerprint density at radius 2 is 2.19 bits per heavy atom. The van der Waals surface area contributed by atoms with E-state index in [-0.39, 0.29) is 5.91 Å². The van der Waals surface area contributed by atoms with Crippen molar-refractivity contribution in [2.75, 3.05) is 33.7 Å². The van der Waals surface area contributed by atoms with Crippen LogP contribution in [0.4, 0.5) is 0 Å². The third-order valence-electron chi connectivity index (χ3n) is 4.75. The van der Waals surface area contributed by atoms with E-state index < -0.39 is 0 Å². The van der Waals surface area contributed by atoms with E-state index in [4.69, 9.17) is 0 Å². The van der Waals surface area contributed by atoms with Crippen molar-refractivity contribution in [3.8, 4) is 0 Å². The monoisotopic (exact) mass is 287 g/mol. The van der Waals surface area contributed by atoms with Gasteiger partial charge in [0.25, 0.3) is 5.91 Å². The van der Waals surface area contributed by atoms with Crippen molar-refractivity contribution < 1.29 is 4.79 Å². The largest absolute Gasteiger partial charge is 0.337 e. The zero-order chi connectivity index (χ0) is 14.8. The fourth-order valence-corrected chi connectivity index (χ4v) is 3.36. The van der Waals surface area contributed by atoms with Crippen LogP contribution in [0.15, 0.2) is 18.2 Å². The van der Waals surface area contributed by atoms with Gasteiger partial charge in [0.15, 0.2) is 0 Å². The second-order valence-electron chi connectivity index (χ2n) is 6.42. The minimum Gasteiger partial charge on any atom is -0.337 e. The number of hydrogen-bond acceptors (Lipinski definition) is 3. The van der Waals surface area contributed by atoms with Gasteiger partial charge < -0.3 is 15.1 Å². The molecule has 2 aliphatic heterocycles. The van der Waals surface area contributed by atoms with E-state index in [9.17, 15) is 4.79 Å². The molecule has 0 saturated carbocycles. The first-order valence-corrected chi connectivity index (χ1v) is 7.93. The summed E-state index contributed by atoms with van der Waals surface area (Å²) < 4.78 is 0. The Hall–Kier alpha value is -1.39. The lowest BCUT2D eigenvalue weighted by Gasteiger charge is -2.36. The van der Waals surface area contributed by atoms with Gasteiger partial charge in [-0.3, -0.25) is 4.79 Å². The van der Waals surface area contributed by atoms with Crippen molar-refractivity contribution in [2.24, 2.45) is 0 Å².